The number of ketones is 1. The van der Waals surface area contributed by atoms with Gasteiger partial charge >= 0.3 is 0 Å². The van der Waals surface area contributed by atoms with Crippen LogP contribution in [0, 0.1) is 12.7 Å². The van der Waals surface area contributed by atoms with Crippen molar-refractivity contribution in [3.8, 4) is 0 Å². The molecule has 0 unspecified atom stereocenters. The second-order valence-electron chi connectivity index (χ2n) is 4.86. The molecule has 0 radical (unpaired) electrons. The predicted molar refractivity (Wildman–Crippen MR) is 82.1 cm³/mol. The number of fused-ring (bicyclic) bond motifs is 1. The normalized spacial score (nSPS) is 11.3. The maximum Gasteiger partial charge on any atom is 0.175 e. The van der Waals surface area contributed by atoms with Crippen LogP contribution in [0.1, 0.15) is 60.0 Å². The third-order valence-electron chi connectivity index (χ3n) is 3.33. The minimum atomic E-state index is -0.294. The van der Waals surface area contributed by atoms with Crippen molar-refractivity contribution in [2.24, 2.45) is 0 Å². The third-order valence-corrected chi connectivity index (χ3v) is 5.55. The van der Waals surface area contributed by atoms with Gasteiger partial charge in [0.25, 0.3) is 0 Å². The summed E-state index contributed by atoms with van der Waals surface area (Å²) >= 11 is 2.85. The zero-order chi connectivity index (χ0) is 13.8. The monoisotopic (exact) mass is 298 g/mol. The minimum absolute atomic E-state index is 0.0281. The van der Waals surface area contributed by atoms with Gasteiger partial charge in [0.2, 0.25) is 0 Å². The fourth-order valence-corrected chi connectivity index (χ4v) is 4.31. The number of Topliss-reactive ketones (excluding diaryl/α,β-unsaturated/α-hetero) is 1. The van der Waals surface area contributed by atoms with Gasteiger partial charge in [0, 0.05) is 26.8 Å². The molecule has 2 aromatic heterocycles. The quantitative estimate of drug-likeness (QED) is 0.455. The van der Waals surface area contributed by atoms with Crippen LogP contribution in [-0.4, -0.2) is 5.78 Å². The van der Waals surface area contributed by atoms with Crippen LogP contribution in [0.2, 0.25) is 0 Å². The molecule has 0 amide bonds. The second kappa shape index (κ2) is 6.62. The number of unbranched alkanes of at least 4 members (excludes halogenated alkanes) is 4. The van der Waals surface area contributed by atoms with Gasteiger partial charge < -0.3 is 0 Å². The molecule has 0 N–H and O–H groups in total. The van der Waals surface area contributed by atoms with Crippen molar-refractivity contribution in [1.82, 2.24) is 0 Å². The highest BCUT2D eigenvalue weighted by Crippen LogP contribution is 2.36. The van der Waals surface area contributed by atoms with Crippen LogP contribution in [0.15, 0.2) is 5.38 Å². The highest BCUT2D eigenvalue weighted by atomic mass is 32.1. The van der Waals surface area contributed by atoms with Gasteiger partial charge in [-0.15, -0.1) is 22.7 Å². The molecule has 0 saturated heterocycles. The van der Waals surface area contributed by atoms with Crippen LogP contribution >= 0.6 is 22.7 Å². The van der Waals surface area contributed by atoms with Gasteiger partial charge in [0.05, 0.1) is 0 Å². The summed E-state index contributed by atoms with van der Waals surface area (Å²) in [6, 6.07) is 0. The first kappa shape index (κ1) is 14.7. The van der Waals surface area contributed by atoms with E-state index in [-0.39, 0.29) is 11.6 Å². The Morgan fingerprint density at radius 2 is 2.00 bits per heavy atom. The summed E-state index contributed by atoms with van der Waals surface area (Å²) in [5.41, 5.74) is 0. The fourth-order valence-electron chi connectivity index (χ4n) is 2.22. The van der Waals surface area contributed by atoms with Gasteiger partial charge in [-0.25, -0.2) is 4.39 Å². The second-order valence-corrected chi connectivity index (χ2v) is 7.00. The topological polar surface area (TPSA) is 17.1 Å². The van der Waals surface area contributed by atoms with E-state index in [2.05, 4.69) is 6.92 Å². The molecule has 4 heteroatoms. The highest BCUT2D eigenvalue weighted by molar-refractivity contribution is 7.24. The van der Waals surface area contributed by atoms with Crippen molar-refractivity contribution in [3.63, 3.8) is 0 Å². The molecule has 104 valence electrons. The molecule has 0 saturated carbocycles. The van der Waals surface area contributed by atoms with Crippen LogP contribution in [0.25, 0.3) is 10.1 Å². The van der Waals surface area contributed by atoms with Gasteiger partial charge in [0.15, 0.2) is 11.6 Å². The molecule has 2 heterocycles. The maximum atomic E-state index is 14.2. The van der Waals surface area contributed by atoms with E-state index in [1.807, 2.05) is 12.3 Å². The lowest BCUT2D eigenvalue weighted by atomic mass is 10.1. The van der Waals surface area contributed by atoms with E-state index in [9.17, 15) is 9.18 Å². The first-order chi connectivity index (χ1) is 9.15. The van der Waals surface area contributed by atoms with Crippen molar-refractivity contribution in [2.45, 2.75) is 52.4 Å². The molecule has 0 bridgehead atoms. The number of halogens is 1. The molecule has 2 aromatic rings. The van der Waals surface area contributed by atoms with E-state index < -0.39 is 0 Å². The number of carbonyl (C=O) groups excluding carboxylic acids is 1. The summed E-state index contributed by atoms with van der Waals surface area (Å²) in [6.07, 6.45) is 6.01. The Kier molecular flexibility index (Phi) is 5.11. The van der Waals surface area contributed by atoms with Gasteiger partial charge in [-0.05, 0) is 13.3 Å². The van der Waals surface area contributed by atoms with Crippen molar-refractivity contribution in [2.75, 3.05) is 0 Å². The summed E-state index contributed by atoms with van der Waals surface area (Å²) in [6.45, 7) is 4.07. The molecule has 0 aliphatic carbocycles. The number of hydrogen-bond acceptors (Lipinski definition) is 3. The number of rotatable bonds is 7. The molecular weight excluding hydrogens is 279 g/mol. The molecule has 0 spiro atoms. The van der Waals surface area contributed by atoms with Crippen molar-refractivity contribution in [3.05, 3.63) is 21.0 Å². The van der Waals surface area contributed by atoms with Gasteiger partial charge in [-0.1, -0.05) is 32.6 Å². The van der Waals surface area contributed by atoms with Crippen LogP contribution in [0.3, 0.4) is 0 Å². The molecule has 0 aliphatic heterocycles. The van der Waals surface area contributed by atoms with E-state index in [1.54, 1.807) is 11.3 Å². The summed E-state index contributed by atoms with van der Waals surface area (Å²) in [4.78, 5) is 13.3. The SMILES string of the molecule is CCCCCCCC(=O)c1sc2csc(C)c2c1F. The summed E-state index contributed by atoms with van der Waals surface area (Å²) in [7, 11) is 0. The number of thiophene rings is 2. The smallest absolute Gasteiger partial charge is 0.175 e. The van der Waals surface area contributed by atoms with Crippen LogP contribution < -0.4 is 0 Å². The lowest BCUT2D eigenvalue weighted by Gasteiger charge is -1.99. The van der Waals surface area contributed by atoms with Crippen LogP contribution in [-0.2, 0) is 0 Å². The molecule has 2 rings (SSSR count). The number of carbonyl (C=O) groups is 1. The molecule has 0 aliphatic rings. The van der Waals surface area contributed by atoms with Gasteiger partial charge in [0.1, 0.15) is 4.88 Å². The Hall–Kier alpha value is -0.740. The molecular formula is C15H19FOS2. The van der Waals surface area contributed by atoms with Crippen molar-refractivity contribution in [1.29, 1.82) is 0 Å². The minimum Gasteiger partial charge on any atom is -0.293 e. The Morgan fingerprint density at radius 3 is 2.68 bits per heavy atom. The van der Waals surface area contributed by atoms with E-state index >= 15 is 0 Å². The summed E-state index contributed by atoms with van der Waals surface area (Å²) in [5, 5.41) is 2.60. The molecule has 1 nitrogen and oxygen atoms in total. The van der Waals surface area contributed by atoms with E-state index in [4.69, 9.17) is 0 Å². The summed E-state index contributed by atoms with van der Waals surface area (Å²) < 4.78 is 15.1. The van der Waals surface area contributed by atoms with Crippen molar-refractivity contribution < 1.29 is 9.18 Å². The van der Waals surface area contributed by atoms with E-state index in [1.165, 1.54) is 30.6 Å². The Labute approximate surface area is 121 Å². The van der Waals surface area contributed by atoms with Gasteiger partial charge in [-0.2, -0.15) is 0 Å². The average molecular weight is 298 g/mol. The molecule has 0 fully saturated rings. The fraction of sp³-hybridized carbons (Fsp3) is 0.533. The molecule has 0 aromatic carbocycles. The predicted octanol–water partition coefficient (Wildman–Crippen LogP) is 5.95. The summed E-state index contributed by atoms with van der Waals surface area (Å²) in [5.74, 6) is -0.322. The zero-order valence-corrected chi connectivity index (χ0v) is 13.1. The van der Waals surface area contributed by atoms with Crippen LogP contribution in [0.5, 0.6) is 0 Å². The lowest BCUT2D eigenvalue weighted by molar-refractivity contribution is 0.0979. The number of hydrogen-bond donors (Lipinski definition) is 0. The van der Waals surface area contributed by atoms with E-state index in [0.29, 0.717) is 16.7 Å². The third kappa shape index (κ3) is 3.23. The maximum absolute atomic E-state index is 14.2. The molecule has 0 atom stereocenters. The zero-order valence-electron chi connectivity index (χ0n) is 11.4. The van der Waals surface area contributed by atoms with Crippen LogP contribution in [0.4, 0.5) is 4.39 Å². The Bertz CT molecular complexity index is 568. The van der Waals surface area contributed by atoms with Gasteiger partial charge in [-0.3, -0.25) is 4.79 Å². The van der Waals surface area contributed by atoms with Crippen molar-refractivity contribution >= 4 is 38.5 Å². The standard InChI is InChI=1S/C15H19FOS2/c1-3-4-5-6-7-8-11(17)15-14(16)13-10(2)18-9-12(13)19-15/h9H,3-8H2,1-2H3. The number of aryl methyl sites for hydroxylation is 1. The average Bonchev–Trinajstić information content (AvgIpc) is 2.91. The first-order valence-electron chi connectivity index (χ1n) is 6.84. The first-order valence-corrected chi connectivity index (χ1v) is 8.54. The highest BCUT2D eigenvalue weighted by Gasteiger charge is 2.20. The Morgan fingerprint density at radius 1 is 1.26 bits per heavy atom. The molecule has 19 heavy (non-hydrogen) atoms. The largest absolute Gasteiger partial charge is 0.293 e. The Balaban J connectivity index is 1.99. The van der Waals surface area contributed by atoms with E-state index in [0.717, 1.165) is 22.4 Å². The lowest BCUT2D eigenvalue weighted by Crippen LogP contribution is -1.98.